The molecule has 2 aromatic carbocycles. The molecule has 0 aliphatic carbocycles. The van der Waals surface area contributed by atoms with Gasteiger partial charge in [-0.2, -0.15) is 5.11 Å². The molecule has 0 aliphatic heterocycles. The van der Waals surface area contributed by atoms with E-state index in [0.29, 0.717) is 5.69 Å². The van der Waals surface area contributed by atoms with Crippen LogP contribution in [0.4, 0.5) is 11.4 Å². The molecule has 2 aromatic rings. The van der Waals surface area contributed by atoms with Gasteiger partial charge in [-0.05, 0) is 24.3 Å². The molecule has 0 bridgehead atoms. The molecule has 0 saturated heterocycles. The van der Waals surface area contributed by atoms with E-state index in [1.165, 1.54) is 0 Å². The minimum absolute atomic E-state index is 0.136. The van der Waals surface area contributed by atoms with Crippen LogP contribution < -0.4 is 0 Å². The molecule has 3 heteroatoms. The molecule has 0 fully saturated rings. The summed E-state index contributed by atoms with van der Waals surface area (Å²) in [5, 5.41) is 17.4. The molecule has 15 heavy (non-hydrogen) atoms. The van der Waals surface area contributed by atoms with E-state index in [4.69, 9.17) is 0 Å². The van der Waals surface area contributed by atoms with Crippen LogP contribution in [0.3, 0.4) is 0 Å². The zero-order valence-corrected chi connectivity index (χ0v) is 8.04. The predicted molar refractivity (Wildman–Crippen MR) is 58.7 cm³/mol. The average Bonchev–Trinajstić information content (AvgIpc) is 2.29. The average molecular weight is 198 g/mol. The number of hydrogen-bond donors (Lipinski definition) is 1. The molecule has 0 unspecified atom stereocenters. The third-order valence-corrected chi connectivity index (χ3v) is 1.91. The van der Waals surface area contributed by atoms with E-state index in [2.05, 4.69) is 10.2 Å². The first-order chi connectivity index (χ1) is 7.36. The molecule has 3 nitrogen and oxygen atoms in total. The maximum Gasteiger partial charge on any atom is 0.143 e. The van der Waals surface area contributed by atoms with Crippen molar-refractivity contribution in [3.63, 3.8) is 0 Å². The van der Waals surface area contributed by atoms with Gasteiger partial charge in [-0.25, -0.2) is 0 Å². The zero-order valence-electron chi connectivity index (χ0n) is 8.04. The standard InChI is InChI=1S/C12H10N2O/c15-12-9-5-4-8-11(12)14-13-10-6-2-1-3-7-10/h1-9,15H. The van der Waals surface area contributed by atoms with Crippen LogP contribution in [0.15, 0.2) is 64.8 Å². The van der Waals surface area contributed by atoms with Gasteiger partial charge in [0.05, 0.1) is 5.69 Å². The molecule has 0 aliphatic rings. The van der Waals surface area contributed by atoms with Crippen molar-refractivity contribution in [3.05, 3.63) is 54.6 Å². The summed E-state index contributed by atoms with van der Waals surface area (Å²) in [4.78, 5) is 0. The van der Waals surface area contributed by atoms with Crippen LogP contribution in [-0.2, 0) is 0 Å². The Bertz CT molecular complexity index is 466. The largest absolute Gasteiger partial charge is 0.506 e. The zero-order chi connectivity index (χ0) is 10.5. The van der Waals surface area contributed by atoms with Crippen LogP contribution in [0.2, 0.25) is 0 Å². The van der Waals surface area contributed by atoms with Crippen LogP contribution in [0.5, 0.6) is 5.75 Å². The quantitative estimate of drug-likeness (QED) is 0.732. The van der Waals surface area contributed by atoms with Gasteiger partial charge in [-0.3, -0.25) is 0 Å². The van der Waals surface area contributed by atoms with Crippen molar-refractivity contribution < 1.29 is 5.11 Å². The number of azo groups is 1. The molecule has 0 atom stereocenters. The lowest BCUT2D eigenvalue weighted by atomic mass is 10.3. The fraction of sp³-hybridized carbons (Fsp3) is 0. The normalized spacial score (nSPS) is 10.7. The monoisotopic (exact) mass is 198 g/mol. The van der Waals surface area contributed by atoms with Gasteiger partial charge in [0.2, 0.25) is 0 Å². The van der Waals surface area contributed by atoms with E-state index in [9.17, 15) is 5.11 Å². The van der Waals surface area contributed by atoms with E-state index in [0.717, 1.165) is 5.69 Å². The Hall–Kier alpha value is -2.16. The Labute approximate surface area is 87.7 Å². The highest BCUT2D eigenvalue weighted by Gasteiger charge is 1.95. The van der Waals surface area contributed by atoms with E-state index in [1.54, 1.807) is 24.3 Å². The highest BCUT2D eigenvalue weighted by atomic mass is 16.3. The van der Waals surface area contributed by atoms with Gasteiger partial charge >= 0.3 is 0 Å². The number of hydrogen-bond acceptors (Lipinski definition) is 3. The molecule has 0 radical (unpaired) electrons. The summed E-state index contributed by atoms with van der Waals surface area (Å²) in [6, 6.07) is 16.2. The minimum Gasteiger partial charge on any atom is -0.506 e. The van der Waals surface area contributed by atoms with Crippen molar-refractivity contribution in [3.8, 4) is 5.75 Å². The first-order valence-corrected chi connectivity index (χ1v) is 4.61. The van der Waals surface area contributed by atoms with Gasteiger partial charge in [0.25, 0.3) is 0 Å². The molecule has 0 spiro atoms. The van der Waals surface area contributed by atoms with Crippen molar-refractivity contribution in [1.29, 1.82) is 0 Å². The number of phenolic OH excluding ortho intramolecular Hbond substituents is 1. The molecule has 1 N–H and O–H groups in total. The smallest absolute Gasteiger partial charge is 0.143 e. The first kappa shape index (κ1) is 9.40. The van der Waals surface area contributed by atoms with Crippen molar-refractivity contribution >= 4 is 11.4 Å². The second kappa shape index (κ2) is 4.37. The van der Waals surface area contributed by atoms with E-state index in [-0.39, 0.29) is 5.75 Å². The third-order valence-electron chi connectivity index (χ3n) is 1.91. The van der Waals surface area contributed by atoms with Gasteiger partial charge in [0.15, 0.2) is 0 Å². The van der Waals surface area contributed by atoms with Gasteiger partial charge in [0.1, 0.15) is 11.4 Å². The summed E-state index contributed by atoms with van der Waals surface area (Å²) in [5.74, 6) is 0.136. The van der Waals surface area contributed by atoms with Gasteiger partial charge < -0.3 is 5.11 Å². The lowest BCUT2D eigenvalue weighted by Gasteiger charge is -1.95. The van der Waals surface area contributed by atoms with Crippen molar-refractivity contribution in [2.45, 2.75) is 0 Å². The number of rotatable bonds is 2. The SMILES string of the molecule is Oc1ccccc1N=Nc1ccccc1. The van der Waals surface area contributed by atoms with E-state index < -0.39 is 0 Å². The maximum absolute atomic E-state index is 9.43. The molecule has 0 saturated carbocycles. The van der Waals surface area contributed by atoms with Crippen LogP contribution >= 0.6 is 0 Å². The highest BCUT2D eigenvalue weighted by molar-refractivity contribution is 5.50. The second-order valence-corrected chi connectivity index (χ2v) is 3.02. The Balaban J connectivity index is 2.23. The summed E-state index contributed by atoms with van der Waals surface area (Å²) in [5.41, 5.74) is 1.24. The fourth-order valence-electron chi connectivity index (χ4n) is 1.15. The third kappa shape index (κ3) is 2.40. The van der Waals surface area contributed by atoms with E-state index in [1.807, 2.05) is 30.3 Å². The molecule has 74 valence electrons. The van der Waals surface area contributed by atoms with Crippen molar-refractivity contribution in [2.24, 2.45) is 10.2 Å². The number of phenols is 1. The Morgan fingerprint density at radius 2 is 1.40 bits per heavy atom. The summed E-state index contributed by atoms with van der Waals surface area (Å²) in [6.07, 6.45) is 0. The van der Waals surface area contributed by atoms with Gasteiger partial charge in [-0.15, -0.1) is 5.11 Å². The van der Waals surface area contributed by atoms with E-state index >= 15 is 0 Å². The minimum atomic E-state index is 0.136. The number of para-hydroxylation sites is 1. The lowest BCUT2D eigenvalue weighted by molar-refractivity contribution is 0.476. The van der Waals surface area contributed by atoms with Crippen molar-refractivity contribution in [1.82, 2.24) is 0 Å². The maximum atomic E-state index is 9.43. The highest BCUT2D eigenvalue weighted by Crippen LogP contribution is 2.26. The van der Waals surface area contributed by atoms with Crippen LogP contribution in [0.25, 0.3) is 0 Å². The van der Waals surface area contributed by atoms with Gasteiger partial charge in [0, 0.05) is 0 Å². The summed E-state index contributed by atoms with van der Waals surface area (Å²) < 4.78 is 0. The Kier molecular flexibility index (Phi) is 2.74. The molecular formula is C12H10N2O. The van der Waals surface area contributed by atoms with Crippen LogP contribution in [0, 0.1) is 0 Å². The summed E-state index contributed by atoms with van der Waals surface area (Å²) in [6.45, 7) is 0. The molecule has 0 aromatic heterocycles. The summed E-state index contributed by atoms with van der Waals surface area (Å²) in [7, 11) is 0. The lowest BCUT2D eigenvalue weighted by Crippen LogP contribution is -1.66. The number of aromatic hydroxyl groups is 1. The predicted octanol–water partition coefficient (Wildman–Crippen LogP) is 3.81. The first-order valence-electron chi connectivity index (χ1n) is 4.61. The topological polar surface area (TPSA) is 45.0 Å². The number of nitrogens with zero attached hydrogens (tertiary/aromatic N) is 2. The molecular weight excluding hydrogens is 188 g/mol. The van der Waals surface area contributed by atoms with Crippen LogP contribution in [0.1, 0.15) is 0 Å². The van der Waals surface area contributed by atoms with Crippen molar-refractivity contribution in [2.75, 3.05) is 0 Å². The summed E-state index contributed by atoms with van der Waals surface area (Å²) >= 11 is 0. The molecule has 2 rings (SSSR count). The second-order valence-electron chi connectivity index (χ2n) is 3.02. The number of benzene rings is 2. The Morgan fingerprint density at radius 3 is 2.13 bits per heavy atom. The molecule has 0 heterocycles. The fourth-order valence-corrected chi connectivity index (χ4v) is 1.15. The molecule has 0 amide bonds. The Morgan fingerprint density at radius 1 is 0.733 bits per heavy atom. The van der Waals surface area contributed by atoms with Crippen LogP contribution in [-0.4, -0.2) is 5.11 Å². The van der Waals surface area contributed by atoms with Gasteiger partial charge in [-0.1, -0.05) is 30.3 Å².